The summed E-state index contributed by atoms with van der Waals surface area (Å²) in [5.74, 6) is 2.17. The first-order valence-corrected chi connectivity index (χ1v) is 18.0. The Labute approximate surface area is 288 Å². The number of rotatable bonds is 9. The average molecular weight is 631 g/mol. The van der Waals surface area contributed by atoms with Gasteiger partial charge in [-0.25, -0.2) is 0 Å². The molecular weight excluding hydrogens is 581 g/mol. The molecule has 0 aromatic heterocycles. The molecule has 0 bridgehead atoms. The van der Waals surface area contributed by atoms with Crippen LogP contribution in [-0.2, 0) is 0 Å². The van der Waals surface area contributed by atoms with Crippen LogP contribution in [0.3, 0.4) is 0 Å². The van der Waals surface area contributed by atoms with Gasteiger partial charge in [-0.2, -0.15) is 0 Å². The first-order chi connectivity index (χ1) is 23.4. The van der Waals surface area contributed by atoms with Crippen LogP contribution in [0.25, 0.3) is 0 Å². The van der Waals surface area contributed by atoms with Crippen LogP contribution in [0.1, 0.15) is 97.9 Å². The highest BCUT2D eigenvalue weighted by atomic mass is 15.0. The molecule has 7 rings (SSSR count). The summed E-state index contributed by atoms with van der Waals surface area (Å²) in [4.78, 5) is 5.06. The zero-order valence-corrected chi connectivity index (χ0v) is 28.9. The lowest BCUT2D eigenvalue weighted by atomic mass is 9.61. The van der Waals surface area contributed by atoms with Gasteiger partial charge < -0.3 is 5.32 Å². The van der Waals surface area contributed by atoms with Crippen molar-refractivity contribution in [2.24, 2.45) is 16.3 Å². The number of nitrogens with zero attached hydrogens (tertiary/aromatic N) is 1. The Morgan fingerprint density at radius 3 is 1.44 bits per heavy atom. The Morgan fingerprint density at radius 2 is 0.979 bits per heavy atom. The first kappa shape index (κ1) is 32.3. The molecule has 1 saturated carbocycles. The van der Waals surface area contributed by atoms with Crippen LogP contribution >= 0.6 is 0 Å². The van der Waals surface area contributed by atoms with Crippen molar-refractivity contribution >= 4 is 11.9 Å². The molecule has 2 fully saturated rings. The van der Waals surface area contributed by atoms with Gasteiger partial charge in [0.05, 0.1) is 5.69 Å². The van der Waals surface area contributed by atoms with Crippen molar-refractivity contribution in [3.63, 3.8) is 0 Å². The second-order valence-electron chi connectivity index (χ2n) is 15.0. The molecule has 2 nitrogen and oxygen atoms in total. The Balaban J connectivity index is 1.33. The predicted octanol–water partition coefficient (Wildman–Crippen LogP) is 11.4. The molecule has 1 saturated heterocycles. The Bertz CT molecular complexity index is 1690. The third kappa shape index (κ3) is 6.31. The summed E-state index contributed by atoms with van der Waals surface area (Å²) in [5.41, 5.74) is 8.16. The molecule has 5 aromatic rings. The van der Waals surface area contributed by atoms with E-state index < -0.39 is 0 Å². The van der Waals surface area contributed by atoms with Gasteiger partial charge in [-0.3, -0.25) is 4.99 Å². The van der Waals surface area contributed by atoms with Crippen LogP contribution in [0.15, 0.2) is 151 Å². The molecule has 2 heteroatoms. The van der Waals surface area contributed by atoms with Crippen LogP contribution in [0, 0.1) is 11.3 Å². The number of benzene rings is 5. The van der Waals surface area contributed by atoms with Gasteiger partial charge in [0.2, 0.25) is 0 Å². The van der Waals surface area contributed by atoms with E-state index in [2.05, 4.69) is 185 Å². The van der Waals surface area contributed by atoms with E-state index >= 15 is 0 Å². The number of hydrogen-bond donors (Lipinski definition) is 1. The van der Waals surface area contributed by atoms with Crippen molar-refractivity contribution in [1.82, 2.24) is 5.32 Å². The minimum Gasteiger partial charge on any atom is -0.306 e. The van der Waals surface area contributed by atoms with E-state index in [0.29, 0.717) is 41.5 Å². The number of nitrogens with one attached hydrogen (secondary N) is 1. The molecule has 244 valence electrons. The summed E-state index contributed by atoms with van der Waals surface area (Å²) in [6.45, 7) is 9.62. The van der Waals surface area contributed by atoms with Gasteiger partial charge in [-0.15, -0.1) is 0 Å². The van der Waals surface area contributed by atoms with Crippen LogP contribution < -0.4 is 5.32 Å². The molecule has 0 radical (unpaired) electrons. The molecule has 0 spiro atoms. The highest BCUT2D eigenvalue weighted by Crippen LogP contribution is 2.68. The van der Waals surface area contributed by atoms with Crippen LogP contribution in [0.5, 0.6) is 0 Å². The second kappa shape index (κ2) is 14.1. The molecule has 2 aliphatic rings. The van der Waals surface area contributed by atoms with Gasteiger partial charge in [-0.05, 0) is 87.6 Å². The molecule has 1 aliphatic carbocycles. The van der Waals surface area contributed by atoms with Crippen molar-refractivity contribution in [2.45, 2.75) is 82.2 Å². The first-order valence-electron chi connectivity index (χ1n) is 18.0. The van der Waals surface area contributed by atoms with Crippen LogP contribution in [0.4, 0.5) is 5.69 Å². The maximum atomic E-state index is 5.06. The minimum absolute atomic E-state index is 0.0179. The van der Waals surface area contributed by atoms with Gasteiger partial charge in [0, 0.05) is 18.3 Å². The van der Waals surface area contributed by atoms with E-state index in [0.717, 1.165) is 18.5 Å². The average Bonchev–Trinajstić information content (AvgIpc) is 3.77. The number of hydrogen-bond acceptors (Lipinski definition) is 2. The molecule has 1 aliphatic heterocycles. The third-order valence-electron chi connectivity index (χ3n) is 11.6. The number of aliphatic imine (C=N–C) groups is 1. The van der Waals surface area contributed by atoms with E-state index in [1.165, 1.54) is 27.8 Å². The molecule has 1 heterocycles. The van der Waals surface area contributed by atoms with Crippen molar-refractivity contribution in [3.8, 4) is 0 Å². The van der Waals surface area contributed by atoms with E-state index in [1.54, 1.807) is 0 Å². The summed E-state index contributed by atoms with van der Waals surface area (Å²) in [7, 11) is 0. The Morgan fingerprint density at radius 1 is 0.562 bits per heavy atom. The maximum absolute atomic E-state index is 5.06. The number of para-hydroxylation sites is 1. The van der Waals surface area contributed by atoms with E-state index in [4.69, 9.17) is 4.99 Å². The Kier molecular flexibility index (Phi) is 9.46. The van der Waals surface area contributed by atoms with Gasteiger partial charge >= 0.3 is 0 Å². The topological polar surface area (TPSA) is 24.4 Å². The lowest BCUT2D eigenvalue weighted by Gasteiger charge is -2.45. The lowest BCUT2D eigenvalue weighted by Crippen LogP contribution is -2.47. The third-order valence-corrected chi connectivity index (χ3v) is 11.6. The van der Waals surface area contributed by atoms with Gasteiger partial charge in [0.1, 0.15) is 0 Å². The quantitative estimate of drug-likeness (QED) is 0.161. The zero-order chi connectivity index (χ0) is 33.1. The monoisotopic (exact) mass is 630 g/mol. The normalized spacial score (nSPS) is 26.0. The standard InChI is InChI=1S/C46H50N2/c1-32(2)38-27-17-18-28-39(38)47-31-37-29-30-40(48-37)46(3,4)45-43(35-23-13-7-14-24-35)41(33-19-9-5-10-20-33)42(34-21-11-6-12-22-34)44(45)36-25-15-8-16-26-36/h5-28,31-32,37,40-45,48H,29-30H2,1-4H3. The van der Waals surface area contributed by atoms with Crippen molar-refractivity contribution in [1.29, 1.82) is 0 Å². The van der Waals surface area contributed by atoms with Crippen molar-refractivity contribution in [2.75, 3.05) is 0 Å². The molecular formula is C46H50N2. The highest BCUT2D eigenvalue weighted by Gasteiger charge is 2.58. The molecule has 6 atom stereocenters. The smallest absolute Gasteiger partial charge is 0.0660 e. The Hall–Kier alpha value is -4.27. The van der Waals surface area contributed by atoms with Gasteiger partial charge in [0.15, 0.2) is 0 Å². The van der Waals surface area contributed by atoms with Crippen LogP contribution in [-0.4, -0.2) is 18.3 Å². The van der Waals surface area contributed by atoms with Crippen molar-refractivity contribution in [3.05, 3.63) is 173 Å². The highest BCUT2D eigenvalue weighted by molar-refractivity contribution is 5.70. The summed E-state index contributed by atoms with van der Waals surface area (Å²) in [6, 6.07) is 54.8. The zero-order valence-electron chi connectivity index (χ0n) is 28.9. The van der Waals surface area contributed by atoms with E-state index in [-0.39, 0.29) is 11.5 Å². The fraction of sp³-hybridized carbons (Fsp3) is 0.326. The van der Waals surface area contributed by atoms with Gasteiger partial charge in [-0.1, -0.05) is 167 Å². The molecule has 5 aromatic carbocycles. The van der Waals surface area contributed by atoms with Crippen LogP contribution in [0.2, 0.25) is 0 Å². The van der Waals surface area contributed by atoms with Gasteiger partial charge in [0.25, 0.3) is 0 Å². The molecule has 6 unspecified atom stereocenters. The SMILES string of the molecule is CC(C)c1ccccc1N=CC1CCC(C(C)(C)C2C(c3ccccc3)C(c3ccccc3)C(c3ccccc3)C2c2ccccc2)N1. The maximum Gasteiger partial charge on any atom is 0.0660 e. The lowest BCUT2D eigenvalue weighted by molar-refractivity contribution is 0.122. The van der Waals surface area contributed by atoms with Crippen molar-refractivity contribution < 1.29 is 0 Å². The second-order valence-corrected chi connectivity index (χ2v) is 15.0. The molecule has 48 heavy (non-hydrogen) atoms. The predicted molar refractivity (Wildman–Crippen MR) is 203 cm³/mol. The summed E-state index contributed by atoms with van der Waals surface area (Å²) in [6.07, 6.45) is 4.43. The fourth-order valence-electron chi connectivity index (χ4n) is 9.37. The molecule has 1 N–H and O–H groups in total. The molecule has 0 amide bonds. The summed E-state index contributed by atoms with van der Waals surface area (Å²) < 4.78 is 0. The minimum atomic E-state index is -0.0179. The van der Waals surface area contributed by atoms with E-state index in [1.807, 2.05) is 0 Å². The fourth-order valence-corrected chi connectivity index (χ4v) is 9.37. The largest absolute Gasteiger partial charge is 0.306 e. The summed E-state index contributed by atoms with van der Waals surface area (Å²) in [5, 5.41) is 4.13. The van der Waals surface area contributed by atoms with E-state index in [9.17, 15) is 0 Å². The summed E-state index contributed by atoms with van der Waals surface area (Å²) >= 11 is 0.